The van der Waals surface area contributed by atoms with Crippen molar-refractivity contribution in [2.45, 2.75) is 50.5 Å². The summed E-state index contributed by atoms with van der Waals surface area (Å²) in [4.78, 5) is 35.2. The van der Waals surface area contributed by atoms with E-state index in [1.807, 2.05) is 0 Å². The summed E-state index contributed by atoms with van der Waals surface area (Å²) in [7, 11) is 1.78. The first-order valence-electron chi connectivity index (χ1n) is 10.8. The lowest BCUT2D eigenvalue weighted by Gasteiger charge is -2.38. The second-order valence-electron chi connectivity index (χ2n) is 8.58. The van der Waals surface area contributed by atoms with Gasteiger partial charge >= 0.3 is 12.1 Å². The summed E-state index contributed by atoms with van der Waals surface area (Å²) in [5.74, 6) is -2.20. The molecule has 34 heavy (non-hydrogen) atoms. The highest BCUT2D eigenvalue weighted by molar-refractivity contribution is 5.99. The Morgan fingerprint density at radius 1 is 1.24 bits per heavy atom. The van der Waals surface area contributed by atoms with Crippen LogP contribution in [-0.2, 0) is 19.8 Å². The molecule has 9 nitrogen and oxygen atoms in total. The number of fused-ring (bicyclic) bond motifs is 1. The number of hydrogen-bond donors (Lipinski definition) is 1. The number of aryl methyl sites for hydroxylation is 1. The first-order chi connectivity index (χ1) is 16.2. The largest absolute Gasteiger partial charge is 0.471 e. The third-order valence-corrected chi connectivity index (χ3v) is 6.25. The van der Waals surface area contributed by atoms with Crippen LogP contribution in [0.1, 0.15) is 58.0 Å². The third kappa shape index (κ3) is 4.03. The summed E-state index contributed by atoms with van der Waals surface area (Å²) < 4.78 is 44.4. The molecule has 2 amide bonds. The topological polar surface area (TPSA) is 106 Å². The predicted molar refractivity (Wildman–Crippen MR) is 111 cm³/mol. The Morgan fingerprint density at radius 3 is 2.74 bits per heavy atom. The van der Waals surface area contributed by atoms with Gasteiger partial charge in [-0.25, -0.2) is 4.98 Å². The standard InChI is InChI=1S/C22H21F3N6O3/c1-30-10-16(26-11-30)19(32)27-15-4-2-3-5-17(15)31-9-13-7-6-12(8-14(13)20(31)33)18-28-21(34-29-18)22(23,24)25/h6-8,10-11,15,17H,2-5,9H2,1H3,(H,27,32)/t15-,17-/m1/s1. The van der Waals surface area contributed by atoms with Crippen LogP contribution in [0.3, 0.4) is 0 Å². The van der Waals surface area contributed by atoms with Crippen molar-refractivity contribution in [1.82, 2.24) is 29.9 Å². The van der Waals surface area contributed by atoms with E-state index in [0.29, 0.717) is 17.8 Å². The van der Waals surface area contributed by atoms with Crippen molar-refractivity contribution in [2.75, 3.05) is 0 Å². The maximum absolute atomic E-state index is 13.3. The summed E-state index contributed by atoms with van der Waals surface area (Å²) in [5, 5.41) is 6.43. The fourth-order valence-corrected chi connectivity index (χ4v) is 4.61. The van der Waals surface area contributed by atoms with E-state index >= 15 is 0 Å². The Labute approximate surface area is 192 Å². The Morgan fingerprint density at radius 2 is 2.03 bits per heavy atom. The molecule has 3 aromatic rings. The molecule has 1 fully saturated rings. The highest BCUT2D eigenvalue weighted by Crippen LogP contribution is 2.34. The molecular weight excluding hydrogens is 453 g/mol. The Balaban J connectivity index is 1.36. The van der Waals surface area contributed by atoms with Crippen molar-refractivity contribution >= 4 is 11.8 Å². The molecule has 0 bridgehead atoms. The predicted octanol–water partition coefficient (Wildman–Crippen LogP) is 3.19. The smallest absolute Gasteiger partial charge is 0.346 e. The highest BCUT2D eigenvalue weighted by Gasteiger charge is 2.40. The summed E-state index contributed by atoms with van der Waals surface area (Å²) in [5.41, 5.74) is 1.72. The van der Waals surface area contributed by atoms with E-state index in [9.17, 15) is 22.8 Å². The first kappa shape index (κ1) is 22.1. The van der Waals surface area contributed by atoms with Crippen molar-refractivity contribution in [1.29, 1.82) is 0 Å². The van der Waals surface area contributed by atoms with Gasteiger partial charge in [-0.2, -0.15) is 18.2 Å². The Kier molecular flexibility index (Phi) is 5.37. The molecule has 5 rings (SSSR count). The van der Waals surface area contributed by atoms with Gasteiger partial charge in [-0.1, -0.05) is 30.1 Å². The van der Waals surface area contributed by atoms with E-state index in [1.165, 1.54) is 6.07 Å². The molecule has 0 unspecified atom stereocenters. The Bertz CT molecular complexity index is 1250. The van der Waals surface area contributed by atoms with Crippen LogP contribution >= 0.6 is 0 Å². The van der Waals surface area contributed by atoms with Crippen LogP contribution in [-0.4, -0.2) is 48.5 Å². The average molecular weight is 474 g/mol. The van der Waals surface area contributed by atoms with Crippen LogP contribution in [0.5, 0.6) is 0 Å². The molecule has 2 aromatic heterocycles. The van der Waals surface area contributed by atoms with Gasteiger partial charge in [-0.05, 0) is 24.5 Å². The molecule has 3 heterocycles. The number of rotatable bonds is 4. The lowest BCUT2D eigenvalue weighted by Crippen LogP contribution is -2.53. The number of carbonyl (C=O) groups excluding carboxylic acids is 2. The molecule has 1 aliphatic carbocycles. The van der Waals surface area contributed by atoms with E-state index < -0.39 is 12.1 Å². The van der Waals surface area contributed by atoms with Crippen molar-refractivity contribution in [3.63, 3.8) is 0 Å². The maximum atomic E-state index is 13.3. The molecule has 0 spiro atoms. The number of halogens is 3. The summed E-state index contributed by atoms with van der Waals surface area (Å²) in [6.45, 7) is 0.356. The van der Waals surface area contributed by atoms with Crippen molar-refractivity contribution < 1.29 is 27.3 Å². The average Bonchev–Trinajstić information content (AvgIpc) is 3.53. The second-order valence-corrected chi connectivity index (χ2v) is 8.58. The van der Waals surface area contributed by atoms with E-state index in [1.54, 1.807) is 41.2 Å². The SMILES string of the molecule is Cn1cnc(C(=O)N[C@@H]2CCCC[C@H]2N2Cc3ccc(-c4noc(C(F)(F)F)n4)cc3C2=O)c1. The third-order valence-electron chi connectivity index (χ3n) is 6.25. The number of nitrogens with zero attached hydrogens (tertiary/aromatic N) is 5. The molecule has 1 N–H and O–H groups in total. The molecule has 1 aliphatic heterocycles. The minimum atomic E-state index is -4.75. The summed E-state index contributed by atoms with van der Waals surface area (Å²) >= 11 is 0. The molecule has 0 radical (unpaired) electrons. The van der Waals surface area contributed by atoms with Crippen LogP contribution in [0.25, 0.3) is 11.4 Å². The molecule has 2 aliphatic rings. The van der Waals surface area contributed by atoms with Gasteiger partial charge in [-0.3, -0.25) is 9.59 Å². The van der Waals surface area contributed by atoms with Gasteiger partial charge in [-0.15, -0.1) is 0 Å². The van der Waals surface area contributed by atoms with E-state index in [2.05, 4.69) is 25.0 Å². The van der Waals surface area contributed by atoms with Crippen LogP contribution in [0, 0.1) is 0 Å². The van der Waals surface area contributed by atoms with Gasteiger partial charge < -0.3 is 19.3 Å². The highest BCUT2D eigenvalue weighted by atomic mass is 19.4. The number of amides is 2. The number of carbonyl (C=O) groups is 2. The van der Waals surface area contributed by atoms with Crippen LogP contribution < -0.4 is 5.32 Å². The van der Waals surface area contributed by atoms with E-state index in [0.717, 1.165) is 31.2 Å². The minimum Gasteiger partial charge on any atom is -0.346 e. The van der Waals surface area contributed by atoms with Gasteiger partial charge in [0, 0.05) is 37.0 Å². The fraction of sp³-hybridized carbons (Fsp3) is 0.409. The van der Waals surface area contributed by atoms with Gasteiger partial charge in [0.25, 0.3) is 11.8 Å². The van der Waals surface area contributed by atoms with Crippen LogP contribution in [0.2, 0.25) is 0 Å². The van der Waals surface area contributed by atoms with E-state index in [4.69, 9.17) is 0 Å². The summed E-state index contributed by atoms with van der Waals surface area (Å²) in [6, 6.07) is 4.32. The normalized spacial score (nSPS) is 20.5. The molecule has 12 heteroatoms. The number of aromatic nitrogens is 4. The summed E-state index contributed by atoms with van der Waals surface area (Å²) in [6.07, 6.45) is 1.76. The molecule has 2 atom stereocenters. The van der Waals surface area contributed by atoms with Crippen molar-refractivity contribution in [3.05, 3.63) is 53.4 Å². The zero-order valence-corrected chi connectivity index (χ0v) is 18.2. The van der Waals surface area contributed by atoms with Crippen molar-refractivity contribution in [3.8, 4) is 11.4 Å². The van der Waals surface area contributed by atoms with Gasteiger partial charge in [0.05, 0.1) is 12.4 Å². The molecule has 1 saturated carbocycles. The monoisotopic (exact) mass is 474 g/mol. The van der Waals surface area contributed by atoms with Gasteiger partial charge in [0.15, 0.2) is 0 Å². The Hall–Kier alpha value is -3.70. The lowest BCUT2D eigenvalue weighted by atomic mass is 9.89. The van der Waals surface area contributed by atoms with Gasteiger partial charge in [0.2, 0.25) is 5.82 Å². The molecule has 1 aromatic carbocycles. The van der Waals surface area contributed by atoms with Crippen molar-refractivity contribution in [2.24, 2.45) is 7.05 Å². The lowest BCUT2D eigenvalue weighted by molar-refractivity contribution is -0.159. The zero-order chi connectivity index (χ0) is 24.0. The fourth-order valence-electron chi connectivity index (χ4n) is 4.61. The number of alkyl halides is 3. The number of nitrogens with one attached hydrogen (secondary N) is 1. The first-order valence-corrected chi connectivity index (χ1v) is 10.8. The maximum Gasteiger partial charge on any atom is 0.471 e. The van der Waals surface area contributed by atoms with Gasteiger partial charge in [0.1, 0.15) is 5.69 Å². The van der Waals surface area contributed by atoms with E-state index in [-0.39, 0.29) is 35.3 Å². The second kappa shape index (κ2) is 8.26. The minimum absolute atomic E-state index is 0.202. The van der Waals surface area contributed by atoms with Crippen LogP contribution in [0.4, 0.5) is 13.2 Å². The number of benzene rings is 1. The number of hydrogen-bond acceptors (Lipinski definition) is 6. The molecule has 0 saturated heterocycles. The van der Waals surface area contributed by atoms with Crippen LogP contribution in [0.15, 0.2) is 35.2 Å². The molecule has 178 valence electrons. The molecular formula is C22H21F3N6O3. The quantitative estimate of drug-likeness (QED) is 0.623. The number of imidazole rings is 1. The zero-order valence-electron chi connectivity index (χ0n) is 18.2.